The highest BCUT2D eigenvalue weighted by molar-refractivity contribution is 6.35. The number of carbonyl (C=O) groups excluding carboxylic acids is 1. The van der Waals surface area contributed by atoms with Gasteiger partial charge in [-0.25, -0.2) is 0 Å². The Kier molecular flexibility index (Phi) is 4.42. The van der Waals surface area contributed by atoms with Gasteiger partial charge in [-0.1, -0.05) is 35.9 Å². The normalized spacial score (nSPS) is 10.7. The van der Waals surface area contributed by atoms with Gasteiger partial charge in [0.2, 0.25) is 0 Å². The van der Waals surface area contributed by atoms with Crippen molar-refractivity contribution in [3.8, 4) is 11.3 Å². The fraction of sp³-hybridized carbons (Fsp3) is 0.105. The second kappa shape index (κ2) is 6.53. The second-order valence-corrected chi connectivity index (χ2v) is 6.23. The molecule has 1 amide bonds. The lowest BCUT2D eigenvalue weighted by Gasteiger charge is -2.13. The first-order chi connectivity index (χ1) is 11.9. The summed E-state index contributed by atoms with van der Waals surface area (Å²) in [4.78, 5) is 20.3. The van der Waals surface area contributed by atoms with Gasteiger partial charge in [-0.05, 0) is 37.1 Å². The van der Waals surface area contributed by atoms with Gasteiger partial charge in [0, 0.05) is 28.1 Å². The molecule has 6 heteroatoms. The molecule has 0 fully saturated rings. The predicted octanol–water partition coefficient (Wildman–Crippen LogP) is 3.59. The van der Waals surface area contributed by atoms with Crippen molar-refractivity contribution in [2.45, 2.75) is 13.8 Å². The molecular formula is C19H17ClN4O. The van der Waals surface area contributed by atoms with Gasteiger partial charge < -0.3 is 11.5 Å². The Labute approximate surface area is 150 Å². The topological polar surface area (TPSA) is 94.4 Å². The zero-order chi connectivity index (χ0) is 18.1. The Balaban J connectivity index is 2.32. The largest absolute Gasteiger partial charge is 0.370 e. The van der Waals surface area contributed by atoms with Crippen LogP contribution in [0.4, 0.5) is 0 Å². The van der Waals surface area contributed by atoms with Gasteiger partial charge in [-0.2, -0.15) is 4.99 Å². The molecule has 0 saturated carbocycles. The molecule has 0 bridgehead atoms. The Hall–Kier alpha value is -2.92. The Morgan fingerprint density at radius 2 is 1.76 bits per heavy atom. The van der Waals surface area contributed by atoms with E-state index < -0.39 is 5.91 Å². The van der Waals surface area contributed by atoms with Gasteiger partial charge in [-0.3, -0.25) is 9.78 Å². The summed E-state index contributed by atoms with van der Waals surface area (Å²) in [5.41, 5.74) is 15.0. The molecule has 0 spiro atoms. The molecule has 126 valence electrons. The van der Waals surface area contributed by atoms with Crippen LogP contribution in [-0.4, -0.2) is 16.9 Å². The van der Waals surface area contributed by atoms with E-state index in [9.17, 15) is 4.79 Å². The number of hydrogen-bond donors (Lipinski definition) is 2. The number of hydrogen-bond acceptors (Lipinski definition) is 2. The number of guanidine groups is 1. The van der Waals surface area contributed by atoms with Gasteiger partial charge in [0.1, 0.15) is 0 Å². The Bertz CT molecular complexity index is 1000. The molecular weight excluding hydrogens is 336 g/mol. The van der Waals surface area contributed by atoms with Gasteiger partial charge in [0.25, 0.3) is 5.91 Å². The van der Waals surface area contributed by atoms with E-state index in [1.54, 1.807) is 24.4 Å². The number of nitrogens with zero attached hydrogens (tertiary/aromatic N) is 2. The van der Waals surface area contributed by atoms with Crippen molar-refractivity contribution in [1.82, 2.24) is 4.98 Å². The third-order valence-corrected chi connectivity index (χ3v) is 4.34. The average molecular weight is 353 g/mol. The summed E-state index contributed by atoms with van der Waals surface area (Å²) in [5, 5.41) is 2.11. The smallest absolute Gasteiger partial charge is 0.280 e. The molecule has 0 aliphatic carbocycles. The molecule has 3 rings (SSSR count). The molecule has 4 N–H and O–H groups in total. The summed E-state index contributed by atoms with van der Waals surface area (Å²) >= 11 is 6.30. The molecule has 0 unspecified atom stereocenters. The number of rotatable bonds is 2. The van der Waals surface area contributed by atoms with Crippen LogP contribution in [0.5, 0.6) is 0 Å². The molecule has 2 aromatic carbocycles. The summed E-state index contributed by atoms with van der Waals surface area (Å²) < 4.78 is 0. The van der Waals surface area contributed by atoms with Crippen molar-refractivity contribution in [2.75, 3.05) is 0 Å². The first-order valence-corrected chi connectivity index (χ1v) is 8.05. The van der Waals surface area contributed by atoms with Crippen molar-refractivity contribution >= 4 is 34.2 Å². The molecule has 3 aromatic rings. The van der Waals surface area contributed by atoms with Crippen molar-refractivity contribution < 1.29 is 4.79 Å². The van der Waals surface area contributed by atoms with Gasteiger partial charge >= 0.3 is 0 Å². The van der Waals surface area contributed by atoms with Crippen LogP contribution in [-0.2, 0) is 0 Å². The van der Waals surface area contributed by atoms with E-state index in [1.807, 2.05) is 32.0 Å². The Morgan fingerprint density at radius 3 is 2.40 bits per heavy atom. The summed E-state index contributed by atoms with van der Waals surface area (Å²) in [6.45, 7) is 4.05. The number of amides is 1. The van der Waals surface area contributed by atoms with E-state index >= 15 is 0 Å². The third-order valence-electron chi connectivity index (χ3n) is 4.03. The fourth-order valence-electron chi connectivity index (χ4n) is 2.91. The number of aryl methyl sites for hydroxylation is 2. The number of benzene rings is 2. The number of nitrogens with two attached hydrogens (primary N) is 2. The minimum atomic E-state index is -0.505. The standard InChI is InChI=1S/C19H17ClN4O/c1-10-4-3-5-11(2)16(10)17-14-8-12(18(25)24-19(21)22)6-7-13(14)15(20)9-23-17/h3-9H,1-2H3,(H4,21,22,24,25). The van der Waals surface area contributed by atoms with E-state index in [0.29, 0.717) is 10.6 Å². The van der Waals surface area contributed by atoms with Crippen molar-refractivity contribution in [1.29, 1.82) is 0 Å². The van der Waals surface area contributed by atoms with Crippen LogP contribution in [0.15, 0.2) is 47.6 Å². The maximum Gasteiger partial charge on any atom is 0.280 e. The third kappa shape index (κ3) is 3.19. The first-order valence-electron chi connectivity index (χ1n) is 7.67. The van der Waals surface area contributed by atoms with Crippen LogP contribution in [0.25, 0.3) is 22.0 Å². The predicted molar refractivity (Wildman–Crippen MR) is 102 cm³/mol. The molecule has 0 aliphatic rings. The van der Waals surface area contributed by atoms with E-state index in [0.717, 1.165) is 33.2 Å². The van der Waals surface area contributed by atoms with Gasteiger partial charge in [-0.15, -0.1) is 0 Å². The van der Waals surface area contributed by atoms with E-state index in [2.05, 4.69) is 9.98 Å². The number of pyridine rings is 1. The Morgan fingerprint density at radius 1 is 1.08 bits per heavy atom. The summed E-state index contributed by atoms with van der Waals surface area (Å²) in [6, 6.07) is 11.2. The van der Waals surface area contributed by atoms with Crippen LogP contribution in [0.1, 0.15) is 21.5 Å². The maximum absolute atomic E-state index is 12.2. The molecule has 5 nitrogen and oxygen atoms in total. The zero-order valence-corrected chi connectivity index (χ0v) is 14.6. The molecule has 0 saturated heterocycles. The summed E-state index contributed by atoms with van der Waals surface area (Å²) in [6.07, 6.45) is 1.63. The lowest BCUT2D eigenvalue weighted by molar-refractivity contribution is 0.100. The summed E-state index contributed by atoms with van der Waals surface area (Å²) in [7, 11) is 0. The van der Waals surface area contributed by atoms with Gasteiger partial charge in [0.15, 0.2) is 5.96 Å². The fourth-order valence-corrected chi connectivity index (χ4v) is 3.12. The molecule has 1 heterocycles. The minimum absolute atomic E-state index is 0.274. The van der Waals surface area contributed by atoms with Crippen LogP contribution in [0.3, 0.4) is 0 Å². The molecule has 0 radical (unpaired) electrons. The number of aromatic nitrogens is 1. The molecule has 1 aromatic heterocycles. The van der Waals surface area contributed by atoms with Gasteiger partial charge in [0.05, 0.1) is 10.7 Å². The highest BCUT2D eigenvalue weighted by Gasteiger charge is 2.15. The number of carbonyl (C=O) groups is 1. The van der Waals surface area contributed by atoms with Crippen molar-refractivity contribution in [3.05, 3.63) is 64.3 Å². The average Bonchev–Trinajstić information content (AvgIpc) is 2.55. The van der Waals surface area contributed by atoms with Crippen LogP contribution in [0.2, 0.25) is 5.02 Å². The van der Waals surface area contributed by atoms with E-state index in [4.69, 9.17) is 23.1 Å². The minimum Gasteiger partial charge on any atom is -0.370 e. The van der Waals surface area contributed by atoms with Crippen molar-refractivity contribution in [2.24, 2.45) is 16.5 Å². The SMILES string of the molecule is Cc1cccc(C)c1-c1ncc(Cl)c2ccc(C(=O)N=C(N)N)cc12. The zero-order valence-electron chi connectivity index (χ0n) is 13.9. The molecule has 25 heavy (non-hydrogen) atoms. The maximum atomic E-state index is 12.2. The highest BCUT2D eigenvalue weighted by atomic mass is 35.5. The van der Waals surface area contributed by atoms with Crippen molar-refractivity contribution in [3.63, 3.8) is 0 Å². The van der Waals surface area contributed by atoms with Crippen LogP contribution < -0.4 is 11.5 Å². The number of fused-ring (bicyclic) bond motifs is 1. The van der Waals surface area contributed by atoms with Crippen LogP contribution >= 0.6 is 11.6 Å². The molecule has 0 aliphatic heterocycles. The first kappa shape index (κ1) is 16.9. The summed E-state index contributed by atoms with van der Waals surface area (Å²) in [5.74, 6) is -0.779. The van der Waals surface area contributed by atoms with Crippen LogP contribution in [0, 0.1) is 13.8 Å². The number of halogens is 1. The lowest BCUT2D eigenvalue weighted by atomic mass is 9.95. The lowest BCUT2D eigenvalue weighted by Crippen LogP contribution is -2.24. The number of aliphatic imine (C=N–C) groups is 1. The van der Waals surface area contributed by atoms with E-state index in [1.165, 1.54) is 0 Å². The highest BCUT2D eigenvalue weighted by Crippen LogP contribution is 2.35. The van der Waals surface area contributed by atoms with E-state index in [-0.39, 0.29) is 5.96 Å². The monoisotopic (exact) mass is 352 g/mol. The second-order valence-electron chi connectivity index (χ2n) is 5.82. The molecule has 0 atom stereocenters. The quantitative estimate of drug-likeness (QED) is 0.544.